The zero-order chi connectivity index (χ0) is 32.0. The Hall–Kier alpha value is -5.44. The summed E-state index contributed by atoms with van der Waals surface area (Å²) >= 11 is 0. The Morgan fingerprint density at radius 2 is 1.61 bits per heavy atom. The predicted octanol–water partition coefficient (Wildman–Crippen LogP) is 7.49. The number of hydrogen-bond acceptors (Lipinski definition) is 6. The third kappa shape index (κ3) is 6.63. The molecule has 0 saturated carbocycles. The zero-order valence-electron chi connectivity index (χ0n) is 25.5. The minimum Gasteiger partial charge on any atom is -0.457 e. The lowest BCUT2D eigenvalue weighted by atomic mass is 9.80. The lowest BCUT2D eigenvalue weighted by molar-refractivity contribution is -0.114. The van der Waals surface area contributed by atoms with Gasteiger partial charge in [0.15, 0.2) is 0 Å². The lowest BCUT2D eigenvalue weighted by Crippen LogP contribution is -2.48. The summed E-state index contributed by atoms with van der Waals surface area (Å²) in [4.78, 5) is 33.0. The van der Waals surface area contributed by atoms with E-state index in [1.807, 2.05) is 78.9 Å². The Morgan fingerprint density at radius 3 is 2.30 bits per heavy atom. The molecule has 4 aromatic carbocycles. The fourth-order valence-electron chi connectivity index (χ4n) is 6.17. The van der Waals surface area contributed by atoms with Crippen molar-refractivity contribution < 1.29 is 23.5 Å². The second kappa shape index (κ2) is 13.7. The molecule has 46 heavy (non-hydrogen) atoms. The Morgan fingerprint density at radius 1 is 0.935 bits per heavy atom. The van der Waals surface area contributed by atoms with Gasteiger partial charge in [0.25, 0.3) is 5.91 Å². The highest BCUT2D eigenvalue weighted by Crippen LogP contribution is 2.43. The molecule has 2 heterocycles. The molecule has 0 fully saturated rings. The molecular weight excluding hydrogens is 583 g/mol. The first-order chi connectivity index (χ1) is 22.4. The van der Waals surface area contributed by atoms with E-state index in [1.54, 1.807) is 12.1 Å². The number of nitrogens with two attached hydrogens (primary N) is 1. The van der Waals surface area contributed by atoms with Crippen LogP contribution in [0.3, 0.4) is 0 Å². The average Bonchev–Trinajstić information content (AvgIpc) is 3.08. The summed E-state index contributed by atoms with van der Waals surface area (Å²) in [5.41, 5.74) is 10.7. The van der Waals surface area contributed by atoms with Gasteiger partial charge in [-0.15, -0.1) is 0 Å². The summed E-state index contributed by atoms with van der Waals surface area (Å²) in [6.45, 7) is 3.37. The van der Waals surface area contributed by atoms with E-state index in [0.29, 0.717) is 48.1 Å². The number of fused-ring (bicyclic) bond motifs is 1. The molecule has 3 N–H and O–H groups in total. The van der Waals surface area contributed by atoms with Crippen molar-refractivity contribution in [1.82, 2.24) is 4.90 Å². The summed E-state index contributed by atoms with van der Waals surface area (Å²) in [7, 11) is 0. The number of rotatable bonds is 9. The van der Waals surface area contributed by atoms with Crippen LogP contribution in [0.25, 0.3) is 5.57 Å². The number of hydrogen-bond donors (Lipinski definition) is 2. The van der Waals surface area contributed by atoms with Crippen LogP contribution in [0.15, 0.2) is 114 Å². The minimum absolute atomic E-state index is 0.0122. The molecule has 2 aliphatic heterocycles. The van der Waals surface area contributed by atoms with E-state index in [-0.39, 0.29) is 24.4 Å². The number of primary amides is 1. The number of carbonyl (C=O) groups is 2. The average molecular weight is 619 g/mol. The SMILES string of the molecule is CCC1CN2C(=NCCC2c2ccccc2NC(=O)OCc2ccccc2)C(C(N)=O)=C1c1ccc(Oc2ccc(F)cc2)cc1. The van der Waals surface area contributed by atoms with Crippen LogP contribution >= 0.6 is 0 Å². The number of para-hydroxylation sites is 1. The normalized spacial score (nSPS) is 17.5. The fraction of sp³-hybridized carbons (Fsp3) is 0.216. The Kier molecular flexibility index (Phi) is 9.10. The first-order valence-corrected chi connectivity index (χ1v) is 15.4. The van der Waals surface area contributed by atoms with Gasteiger partial charge >= 0.3 is 6.09 Å². The van der Waals surface area contributed by atoms with Gasteiger partial charge in [-0.1, -0.05) is 67.6 Å². The summed E-state index contributed by atoms with van der Waals surface area (Å²) in [5.74, 6) is 0.786. The topological polar surface area (TPSA) is 106 Å². The van der Waals surface area contributed by atoms with Crippen molar-refractivity contribution in [3.05, 3.63) is 131 Å². The van der Waals surface area contributed by atoms with Crippen LogP contribution in [0.4, 0.5) is 14.9 Å². The molecule has 2 aliphatic rings. The highest BCUT2D eigenvalue weighted by molar-refractivity contribution is 6.26. The molecule has 2 unspecified atom stereocenters. The van der Waals surface area contributed by atoms with E-state index in [2.05, 4.69) is 17.1 Å². The lowest BCUT2D eigenvalue weighted by Gasteiger charge is -2.44. The van der Waals surface area contributed by atoms with Gasteiger partial charge in [-0.3, -0.25) is 15.1 Å². The Balaban J connectivity index is 1.27. The van der Waals surface area contributed by atoms with E-state index in [1.165, 1.54) is 12.1 Å². The molecule has 0 aliphatic carbocycles. The third-order valence-corrected chi connectivity index (χ3v) is 8.35. The van der Waals surface area contributed by atoms with Crippen molar-refractivity contribution in [2.24, 2.45) is 16.6 Å². The number of amides is 2. The molecule has 0 radical (unpaired) electrons. The largest absolute Gasteiger partial charge is 0.457 e. The van der Waals surface area contributed by atoms with Crippen LogP contribution in [0.5, 0.6) is 11.5 Å². The van der Waals surface area contributed by atoms with E-state index < -0.39 is 12.0 Å². The molecule has 0 saturated heterocycles. The van der Waals surface area contributed by atoms with E-state index in [0.717, 1.165) is 28.7 Å². The van der Waals surface area contributed by atoms with Gasteiger partial charge in [0.05, 0.1) is 11.6 Å². The standard InChI is InChI=1S/C37H35FN4O4/c1-2-25-22-42-32(30-10-6-7-11-31(30)41-37(44)45-23-24-8-4-3-5-9-24)20-21-40-36(42)34(35(39)43)33(25)26-12-16-28(17-13-26)46-29-18-14-27(38)15-19-29/h3-19,25,32H,2,20-23H2,1H3,(H2,39,43)(H,41,44). The molecule has 0 aromatic heterocycles. The maximum absolute atomic E-state index is 13.3. The maximum Gasteiger partial charge on any atom is 0.411 e. The van der Waals surface area contributed by atoms with Gasteiger partial charge in [-0.2, -0.15) is 0 Å². The first kappa shape index (κ1) is 30.6. The molecule has 6 rings (SSSR count). The number of nitrogens with zero attached hydrogens (tertiary/aromatic N) is 2. The number of aliphatic imine (C=N–C) groups is 1. The van der Waals surface area contributed by atoms with Crippen LogP contribution in [-0.4, -0.2) is 35.8 Å². The van der Waals surface area contributed by atoms with Crippen LogP contribution < -0.4 is 15.8 Å². The molecule has 4 aromatic rings. The molecule has 234 valence electrons. The van der Waals surface area contributed by atoms with Gasteiger partial charge in [0, 0.05) is 24.7 Å². The van der Waals surface area contributed by atoms with Crippen molar-refractivity contribution in [1.29, 1.82) is 0 Å². The first-order valence-electron chi connectivity index (χ1n) is 15.4. The predicted molar refractivity (Wildman–Crippen MR) is 176 cm³/mol. The number of anilines is 1. The molecule has 0 bridgehead atoms. The zero-order valence-corrected chi connectivity index (χ0v) is 25.5. The smallest absolute Gasteiger partial charge is 0.411 e. The molecule has 2 amide bonds. The van der Waals surface area contributed by atoms with Crippen molar-refractivity contribution in [2.45, 2.75) is 32.4 Å². The summed E-state index contributed by atoms with van der Waals surface area (Å²) < 4.78 is 24.7. The quantitative estimate of drug-likeness (QED) is 0.202. The highest BCUT2D eigenvalue weighted by atomic mass is 19.1. The second-order valence-corrected chi connectivity index (χ2v) is 11.3. The Labute approximate surface area is 267 Å². The third-order valence-electron chi connectivity index (χ3n) is 8.35. The fourth-order valence-corrected chi connectivity index (χ4v) is 6.17. The maximum atomic E-state index is 13.3. The number of carbonyl (C=O) groups excluding carboxylic acids is 2. The highest BCUT2D eigenvalue weighted by Gasteiger charge is 2.40. The van der Waals surface area contributed by atoms with Crippen molar-refractivity contribution in [2.75, 3.05) is 18.4 Å². The van der Waals surface area contributed by atoms with Gasteiger partial charge in [-0.05, 0) is 77.6 Å². The molecule has 8 nitrogen and oxygen atoms in total. The van der Waals surface area contributed by atoms with E-state index >= 15 is 0 Å². The molecule has 9 heteroatoms. The van der Waals surface area contributed by atoms with Crippen molar-refractivity contribution >= 4 is 29.1 Å². The van der Waals surface area contributed by atoms with Crippen LogP contribution in [-0.2, 0) is 16.1 Å². The number of amidine groups is 1. The second-order valence-electron chi connectivity index (χ2n) is 11.3. The van der Waals surface area contributed by atoms with Crippen LogP contribution in [0.2, 0.25) is 0 Å². The summed E-state index contributed by atoms with van der Waals surface area (Å²) in [5, 5.41) is 2.93. The van der Waals surface area contributed by atoms with Crippen LogP contribution in [0.1, 0.15) is 42.5 Å². The van der Waals surface area contributed by atoms with E-state index in [4.69, 9.17) is 20.2 Å². The van der Waals surface area contributed by atoms with Crippen molar-refractivity contribution in [3.63, 3.8) is 0 Å². The van der Waals surface area contributed by atoms with Gasteiger partial charge in [-0.25, -0.2) is 9.18 Å². The Bertz CT molecular complexity index is 1770. The number of ether oxygens (including phenoxy) is 2. The number of benzene rings is 4. The summed E-state index contributed by atoms with van der Waals surface area (Å²) in [6, 6.07) is 30.3. The van der Waals surface area contributed by atoms with Gasteiger partial charge < -0.3 is 20.1 Å². The number of nitrogens with one attached hydrogen (secondary N) is 1. The molecule has 0 spiro atoms. The number of halogens is 1. The minimum atomic E-state index is -0.544. The molecule has 2 atom stereocenters. The molecular formula is C37H35FN4O4. The summed E-state index contributed by atoms with van der Waals surface area (Å²) in [6.07, 6.45) is 0.925. The van der Waals surface area contributed by atoms with Gasteiger partial charge in [0.2, 0.25) is 0 Å². The monoisotopic (exact) mass is 618 g/mol. The van der Waals surface area contributed by atoms with Gasteiger partial charge in [0.1, 0.15) is 29.8 Å². The van der Waals surface area contributed by atoms with E-state index in [9.17, 15) is 14.0 Å². The van der Waals surface area contributed by atoms with Crippen LogP contribution in [0, 0.1) is 11.7 Å². The van der Waals surface area contributed by atoms with Crippen molar-refractivity contribution in [3.8, 4) is 11.5 Å².